The van der Waals surface area contributed by atoms with E-state index in [-0.39, 0.29) is 0 Å². The predicted molar refractivity (Wildman–Crippen MR) is 74.5 cm³/mol. The molecule has 1 aromatic rings. The van der Waals surface area contributed by atoms with Crippen LogP contribution in [0, 0.1) is 0 Å². The lowest BCUT2D eigenvalue weighted by molar-refractivity contribution is -0.118. The summed E-state index contributed by atoms with van der Waals surface area (Å²) in [5.74, 6) is 0. The molecule has 0 aliphatic carbocycles. The molecule has 0 unspecified atom stereocenters. The second kappa shape index (κ2) is 10.1. The fourth-order valence-corrected chi connectivity index (χ4v) is 1.71. The van der Waals surface area contributed by atoms with Crippen LogP contribution in [0.5, 0.6) is 0 Å². The quantitative estimate of drug-likeness (QED) is 0.448. The first-order valence-electron chi connectivity index (χ1n) is 6.48. The Morgan fingerprint density at radius 1 is 1.05 bits per heavy atom. The zero-order chi connectivity index (χ0) is 13.8. The number of hydrogen-bond donors (Lipinski definition) is 2. The molecule has 0 aromatic heterocycles. The summed E-state index contributed by atoms with van der Waals surface area (Å²) < 4.78 is 0. The molecule has 104 valence electrons. The highest BCUT2D eigenvalue weighted by atomic mass is 16.1. The second-order valence-corrected chi connectivity index (χ2v) is 4.24. The number of amides is 2. The number of nitrogens with one attached hydrogen (secondary N) is 2. The highest BCUT2D eigenvalue weighted by molar-refractivity contribution is 5.47. The van der Waals surface area contributed by atoms with Crippen LogP contribution >= 0.6 is 0 Å². The molecule has 1 aromatic carbocycles. The molecule has 2 amide bonds. The first-order chi connectivity index (χ1) is 9.36. The van der Waals surface area contributed by atoms with Gasteiger partial charge in [-0.3, -0.25) is 9.59 Å². The van der Waals surface area contributed by atoms with Crippen LogP contribution in [0.4, 0.5) is 0 Å². The van der Waals surface area contributed by atoms with Crippen molar-refractivity contribution in [3.8, 4) is 0 Å². The van der Waals surface area contributed by atoms with Gasteiger partial charge in [-0.15, -0.1) is 0 Å². The summed E-state index contributed by atoms with van der Waals surface area (Å²) in [5.41, 5.74) is 1.13. The first kappa shape index (κ1) is 15.2. The van der Waals surface area contributed by atoms with Crippen LogP contribution in [0.25, 0.3) is 0 Å². The molecule has 5 nitrogen and oxygen atoms in total. The highest BCUT2D eigenvalue weighted by Gasteiger charge is 2.01. The number of nitrogens with zero attached hydrogens (tertiary/aromatic N) is 1. The largest absolute Gasteiger partial charge is 0.359 e. The molecule has 19 heavy (non-hydrogen) atoms. The van der Waals surface area contributed by atoms with E-state index in [1.807, 2.05) is 30.3 Å². The van der Waals surface area contributed by atoms with Crippen molar-refractivity contribution in [2.24, 2.45) is 0 Å². The number of hydrogen-bond acceptors (Lipinski definition) is 3. The summed E-state index contributed by atoms with van der Waals surface area (Å²) in [5, 5.41) is 5.84. The van der Waals surface area contributed by atoms with Gasteiger partial charge in [-0.2, -0.15) is 0 Å². The van der Waals surface area contributed by atoms with Gasteiger partial charge < -0.3 is 15.5 Å². The molecule has 5 heteroatoms. The molecule has 1 rings (SSSR count). The molecule has 0 aliphatic heterocycles. The molecule has 2 N–H and O–H groups in total. The summed E-state index contributed by atoms with van der Waals surface area (Å²) in [6.45, 7) is 3.58. The summed E-state index contributed by atoms with van der Waals surface area (Å²) >= 11 is 0. The molecular weight excluding hydrogens is 242 g/mol. The Morgan fingerprint density at radius 2 is 1.84 bits per heavy atom. The molecular formula is C14H21N3O2. The maximum Gasteiger partial charge on any atom is 0.210 e. The topological polar surface area (TPSA) is 61.4 Å². The van der Waals surface area contributed by atoms with Crippen molar-refractivity contribution in [1.82, 2.24) is 15.5 Å². The minimum Gasteiger partial charge on any atom is -0.359 e. The van der Waals surface area contributed by atoms with Crippen molar-refractivity contribution >= 4 is 12.8 Å². The van der Waals surface area contributed by atoms with E-state index in [1.54, 1.807) is 4.90 Å². The summed E-state index contributed by atoms with van der Waals surface area (Å²) in [6.07, 6.45) is 2.47. The van der Waals surface area contributed by atoms with E-state index in [4.69, 9.17) is 0 Å². The molecule has 0 fully saturated rings. The van der Waals surface area contributed by atoms with Gasteiger partial charge >= 0.3 is 0 Å². The van der Waals surface area contributed by atoms with Gasteiger partial charge in [-0.05, 0) is 18.5 Å². The Kier molecular flexibility index (Phi) is 8.05. The highest BCUT2D eigenvalue weighted by Crippen LogP contribution is 2.01. The number of benzene rings is 1. The molecule has 0 saturated carbocycles. The van der Waals surface area contributed by atoms with Crippen molar-refractivity contribution in [1.29, 1.82) is 0 Å². The lowest BCUT2D eigenvalue weighted by Crippen LogP contribution is -2.32. The third-order valence-corrected chi connectivity index (χ3v) is 2.71. The van der Waals surface area contributed by atoms with E-state index in [1.165, 1.54) is 0 Å². The van der Waals surface area contributed by atoms with Gasteiger partial charge in [-0.1, -0.05) is 30.3 Å². The molecule has 0 heterocycles. The average molecular weight is 263 g/mol. The molecule has 0 spiro atoms. The molecule has 0 saturated heterocycles. The minimum atomic E-state index is 0.638. The fraction of sp³-hybridized carbons (Fsp3) is 0.429. The van der Waals surface area contributed by atoms with E-state index in [0.29, 0.717) is 26.0 Å². The van der Waals surface area contributed by atoms with E-state index in [9.17, 15) is 9.59 Å². The van der Waals surface area contributed by atoms with Crippen LogP contribution in [-0.2, 0) is 16.1 Å². The van der Waals surface area contributed by atoms with Crippen molar-refractivity contribution in [3.63, 3.8) is 0 Å². The maximum atomic E-state index is 11.0. The van der Waals surface area contributed by atoms with E-state index < -0.39 is 0 Å². The Labute approximate surface area is 114 Å². The van der Waals surface area contributed by atoms with Crippen molar-refractivity contribution in [2.75, 3.05) is 26.2 Å². The summed E-state index contributed by atoms with van der Waals surface area (Å²) in [4.78, 5) is 22.7. The SMILES string of the molecule is O=CNCCCNCCN(C=O)Cc1ccccc1. The Morgan fingerprint density at radius 3 is 2.53 bits per heavy atom. The number of carbonyl (C=O) groups is 2. The molecule has 0 atom stereocenters. The molecule has 0 radical (unpaired) electrons. The van der Waals surface area contributed by atoms with Crippen LogP contribution < -0.4 is 10.6 Å². The fourth-order valence-electron chi connectivity index (χ4n) is 1.71. The zero-order valence-corrected chi connectivity index (χ0v) is 11.0. The Hall–Kier alpha value is -1.88. The third kappa shape index (κ3) is 7.21. The van der Waals surface area contributed by atoms with Gasteiger partial charge in [0.2, 0.25) is 12.8 Å². The Bertz CT molecular complexity index is 357. The lowest BCUT2D eigenvalue weighted by Gasteiger charge is -2.17. The van der Waals surface area contributed by atoms with Gasteiger partial charge in [0.25, 0.3) is 0 Å². The van der Waals surface area contributed by atoms with Crippen molar-refractivity contribution < 1.29 is 9.59 Å². The number of rotatable bonds is 11. The normalized spacial score (nSPS) is 9.89. The third-order valence-electron chi connectivity index (χ3n) is 2.71. The van der Waals surface area contributed by atoms with E-state index in [0.717, 1.165) is 31.5 Å². The van der Waals surface area contributed by atoms with Crippen LogP contribution in [0.15, 0.2) is 30.3 Å². The van der Waals surface area contributed by atoms with Gasteiger partial charge in [0, 0.05) is 26.2 Å². The average Bonchev–Trinajstić information content (AvgIpc) is 2.46. The molecule has 0 aliphatic rings. The van der Waals surface area contributed by atoms with E-state index >= 15 is 0 Å². The monoisotopic (exact) mass is 263 g/mol. The maximum absolute atomic E-state index is 11.0. The predicted octanol–water partition coefficient (Wildman–Crippen LogP) is 0.371. The first-order valence-corrected chi connectivity index (χ1v) is 6.48. The van der Waals surface area contributed by atoms with Gasteiger partial charge in [0.05, 0.1) is 0 Å². The zero-order valence-electron chi connectivity index (χ0n) is 11.0. The summed E-state index contributed by atoms with van der Waals surface area (Å²) in [6, 6.07) is 9.92. The summed E-state index contributed by atoms with van der Waals surface area (Å²) in [7, 11) is 0. The van der Waals surface area contributed by atoms with Crippen LogP contribution in [0.2, 0.25) is 0 Å². The van der Waals surface area contributed by atoms with Crippen molar-refractivity contribution in [2.45, 2.75) is 13.0 Å². The van der Waals surface area contributed by atoms with Gasteiger partial charge in [0.1, 0.15) is 0 Å². The minimum absolute atomic E-state index is 0.638. The van der Waals surface area contributed by atoms with Crippen LogP contribution in [0.1, 0.15) is 12.0 Å². The standard InChI is InChI=1S/C14H21N3O2/c18-12-16-8-4-7-15-9-10-17(13-19)11-14-5-2-1-3-6-14/h1-3,5-6,12-13,15H,4,7-11H2,(H,16,18). The van der Waals surface area contributed by atoms with Gasteiger partial charge in [0.15, 0.2) is 0 Å². The number of carbonyl (C=O) groups excluding carboxylic acids is 2. The van der Waals surface area contributed by atoms with E-state index in [2.05, 4.69) is 10.6 Å². The van der Waals surface area contributed by atoms with Crippen LogP contribution in [-0.4, -0.2) is 43.9 Å². The van der Waals surface area contributed by atoms with Gasteiger partial charge in [-0.25, -0.2) is 0 Å². The smallest absolute Gasteiger partial charge is 0.210 e. The van der Waals surface area contributed by atoms with Crippen LogP contribution in [0.3, 0.4) is 0 Å². The van der Waals surface area contributed by atoms with Crippen molar-refractivity contribution in [3.05, 3.63) is 35.9 Å². The lowest BCUT2D eigenvalue weighted by atomic mass is 10.2. The Balaban J connectivity index is 2.12. The second-order valence-electron chi connectivity index (χ2n) is 4.24. The molecule has 0 bridgehead atoms.